The van der Waals surface area contributed by atoms with E-state index in [2.05, 4.69) is 20.8 Å². The first kappa shape index (κ1) is 13.1. The first-order chi connectivity index (χ1) is 7.67. The summed E-state index contributed by atoms with van der Waals surface area (Å²) in [5.74, 6) is 1.81. The van der Waals surface area contributed by atoms with Crippen LogP contribution in [0.2, 0.25) is 0 Å². The number of nitrogens with zero attached hydrogens (tertiary/aromatic N) is 2. The summed E-state index contributed by atoms with van der Waals surface area (Å²) in [7, 11) is 1.06. The lowest BCUT2D eigenvalue weighted by Gasteiger charge is -2.03. The summed E-state index contributed by atoms with van der Waals surface area (Å²) in [5, 5.41) is 13.7. The molecular weight excluding hydrogens is 228 g/mol. The van der Waals surface area contributed by atoms with Crippen molar-refractivity contribution in [2.45, 2.75) is 19.9 Å². The fraction of sp³-hybridized carbons (Fsp3) is 0.778. The van der Waals surface area contributed by atoms with Gasteiger partial charge in [-0.15, -0.1) is 5.10 Å². The Balaban J connectivity index is 2.37. The van der Waals surface area contributed by atoms with Crippen LogP contribution in [0.25, 0.3) is 0 Å². The van der Waals surface area contributed by atoms with Crippen LogP contribution < -0.4 is 10.6 Å². The van der Waals surface area contributed by atoms with Gasteiger partial charge in [0.1, 0.15) is 0 Å². The van der Waals surface area contributed by atoms with Gasteiger partial charge in [0.2, 0.25) is 5.89 Å². The highest BCUT2D eigenvalue weighted by atomic mass is 32.2. The van der Waals surface area contributed by atoms with Crippen molar-refractivity contribution >= 4 is 16.8 Å². The van der Waals surface area contributed by atoms with Gasteiger partial charge >= 0.3 is 6.01 Å². The fourth-order valence-electron chi connectivity index (χ4n) is 1.02. The summed E-state index contributed by atoms with van der Waals surface area (Å²) >= 11 is 0. The lowest BCUT2D eigenvalue weighted by Crippen LogP contribution is -2.12. The Labute approximate surface area is 97.7 Å². The molecule has 92 valence electrons. The van der Waals surface area contributed by atoms with Crippen LogP contribution in [0.15, 0.2) is 4.42 Å². The van der Waals surface area contributed by atoms with Crippen molar-refractivity contribution in [3.8, 4) is 0 Å². The lowest BCUT2D eigenvalue weighted by atomic mass is 10.3. The quantitative estimate of drug-likeness (QED) is 0.730. The summed E-state index contributed by atoms with van der Waals surface area (Å²) in [6.07, 6.45) is 0. The Morgan fingerprint density at radius 2 is 2.25 bits per heavy atom. The largest absolute Gasteiger partial charge is 0.406 e. The molecule has 1 aromatic heterocycles. The van der Waals surface area contributed by atoms with E-state index in [4.69, 9.17) is 4.42 Å². The molecule has 1 aromatic rings. The van der Waals surface area contributed by atoms with E-state index in [1.165, 1.54) is 0 Å². The molecule has 2 N–H and O–H groups in total. The van der Waals surface area contributed by atoms with Gasteiger partial charge in [-0.25, -0.2) is 0 Å². The molecule has 16 heavy (non-hydrogen) atoms. The summed E-state index contributed by atoms with van der Waals surface area (Å²) in [6, 6.07) is 0.415. The van der Waals surface area contributed by atoms with Crippen LogP contribution >= 0.6 is 0 Å². The molecule has 7 heteroatoms. The maximum absolute atomic E-state index is 11.2. The average Bonchev–Trinajstić information content (AvgIpc) is 2.76. The molecule has 6 nitrogen and oxygen atoms in total. The van der Waals surface area contributed by atoms with Gasteiger partial charge in [-0.1, -0.05) is 12.0 Å². The van der Waals surface area contributed by atoms with E-state index in [0.29, 0.717) is 30.0 Å². The third-order valence-corrected chi connectivity index (χ3v) is 3.48. The first-order valence-electron chi connectivity index (χ1n) is 5.26. The Kier molecular flexibility index (Phi) is 5.41. The normalized spacial score (nSPS) is 14.7. The van der Waals surface area contributed by atoms with Gasteiger partial charge in [0.25, 0.3) is 0 Å². The van der Waals surface area contributed by atoms with E-state index in [1.807, 2.05) is 20.9 Å². The predicted octanol–water partition coefficient (Wildman–Crippen LogP) is 0.530. The third kappa shape index (κ3) is 3.90. The Morgan fingerprint density at radius 1 is 1.50 bits per heavy atom. The second-order valence-corrected chi connectivity index (χ2v) is 5.18. The van der Waals surface area contributed by atoms with Gasteiger partial charge in [-0.2, -0.15) is 0 Å². The van der Waals surface area contributed by atoms with E-state index in [-0.39, 0.29) is 6.04 Å². The predicted molar refractivity (Wildman–Crippen MR) is 63.8 cm³/mol. The molecule has 1 heterocycles. The number of anilines is 1. The monoisotopic (exact) mass is 246 g/mol. The van der Waals surface area contributed by atoms with Crippen molar-refractivity contribution in [3.63, 3.8) is 0 Å². The van der Waals surface area contributed by atoms with Crippen LogP contribution in [0.1, 0.15) is 25.8 Å². The van der Waals surface area contributed by atoms with Crippen molar-refractivity contribution in [2.75, 3.05) is 30.4 Å². The van der Waals surface area contributed by atoms with Crippen LogP contribution in [0.4, 0.5) is 6.01 Å². The smallest absolute Gasteiger partial charge is 0.315 e. The zero-order chi connectivity index (χ0) is 12.0. The van der Waals surface area contributed by atoms with Crippen molar-refractivity contribution in [1.82, 2.24) is 15.5 Å². The van der Waals surface area contributed by atoms with Gasteiger partial charge in [0, 0.05) is 28.9 Å². The van der Waals surface area contributed by atoms with Gasteiger partial charge in [0.05, 0.1) is 6.04 Å². The van der Waals surface area contributed by atoms with Crippen molar-refractivity contribution < 1.29 is 8.63 Å². The number of rotatable bonds is 7. The van der Waals surface area contributed by atoms with Gasteiger partial charge in [0.15, 0.2) is 0 Å². The Morgan fingerprint density at radius 3 is 2.88 bits per heavy atom. The van der Waals surface area contributed by atoms with E-state index in [1.54, 1.807) is 0 Å². The topological polar surface area (TPSA) is 80.0 Å². The highest BCUT2D eigenvalue weighted by Crippen LogP contribution is 2.12. The molecule has 0 amide bonds. The van der Waals surface area contributed by atoms with Gasteiger partial charge in [-0.3, -0.25) is 4.21 Å². The highest BCUT2D eigenvalue weighted by Gasteiger charge is 2.11. The zero-order valence-corrected chi connectivity index (χ0v) is 10.6. The second kappa shape index (κ2) is 6.59. The molecule has 0 spiro atoms. The molecule has 0 fully saturated rings. The summed E-state index contributed by atoms with van der Waals surface area (Å²) in [4.78, 5) is 0. The van der Waals surface area contributed by atoms with Crippen LogP contribution in [0.3, 0.4) is 0 Å². The van der Waals surface area contributed by atoms with Gasteiger partial charge < -0.3 is 15.1 Å². The van der Waals surface area contributed by atoms with E-state index in [9.17, 15) is 4.21 Å². The molecular formula is C9H18N4O2S. The minimum atomic E-state index is -0.769. The van der Waals surface area contributed by atoms with Crippen molar-refractivity contribution in [3.05, 3.63) is 5.89 Å². The average molecular weight is 246 g/mol. The molecule has 2 atom stereocenters. The molecule has 0 aliphatic carbocycles. The number of hydrogen-bond donors (Lipinski definition) is 2. The highest BCUT2D eigenvalue weighted by molar-refractivity contribution is 7.84. The summed E-state index contributed by atoms with van der Waals surface area (Å²) in [6.45, 7) is 4.41. The SMILES string of the molecule is CCS(=O)CCNc1nnc(C(C)NC)o1. The fourth-order valence-corrected chi connectivity index (χ4v) is 1.64. The minimum absolute atomic E-state index is 0.0350. The summed E-state index contributed by atoms with van der Waals surface area (Å²) < 4.78 is 16.5. The van der Waals surface area contributed by atoms with E-state index in [0.717, 1.165) is 0 Å². The first-order valence-corrected chi connectivity index (χ1v) is 6.75. The molecule has 0 saturated carbocycles. The molecule has 0 aliphatic rings. The van der Waals surface area contributed by atoms with Crippen molar-refractivity contribution in [1.29, 1.82) is 0 Å². The number of aromatic nitrogens is 2. The van der Waals surface area contributed by atoms with Crippen LogP contribution in [-0.2, 0) is 10.8 Å². The molecule has 0 aromatic carbocycles. The van der Waals surface area contributed by atoms with Crippen LogP contribution in [0, 0.1) is 0 Å². The molecule has 0 saturated heterocycles. The molecule has 2 unspecified atom stereocenters. The Hall–Kier alpha value is -0.950. The zero-order valence-electron chi connectivity index (χ0n) is 9.82. The molecule has 0 aliphatic heterocycles. The summed E-state index contributed by atoms with van der Waals surface area (Å²) in [5.41, 5.74) is 0. The minimum Gasteiger partial charge on any atom is -0.406 e. The third-order valence-electron chi connectivity index (χ3n) is 2.17. The molecule has 0 radical (unpaired) electrons. The van der Waals surface area contributed by atoms with Crippen molar-refractivity contribution in [2.24, 2.45) is 0 Å². The molecule has 1 rings (SSSR count). The second-order valence-electron chi connectivity index (χ2n) is 3.32. The molecule has 0 bridgehead atoms. The Bertz CT molecular complexity index is 342. The van der Waals surface area contributed by atoms with E-state index < -0.39 is 10.8 Å². The maximum atomic E-state index is 11.2. The number of hydrogen-bond acceptors (Lipinski definition) is 6. The lowest BCUT2D eigenvalue weighted by molar-refractivity contribution is 0.441. The van der Waals surface area contributed by atoms with Crippen LogP contribution in [0.5, 0.6) is 0 Å². The van der Waals surface area contributed by atoms with Crippen LogP contribution in [-0.4, -0.2) is 39.5 Å². The number of nitrogens with one attached hydrogen (secondary N) is 2. The maximum Gasteiger partial charge on any atom is 0.315 e. The standard InChI is InChI=1S/C9H18N4O2S/c1-4-16(14)6-5-11-9-13-12-8(15-9)7(2)10-3/h7,10H,4-6H2,1-3H3,(H,11,13). The van der Waals surface area contributed by atoms with Gasteiger partial charge in [-0.05, 0) is 14.0 Å². The van der Waals surface area contributed by atoms with E-state index >= 15 is 0 Å².